The first-order chi connectivity index (χ1) is 12.8. The van der Waals surface area contributed by atoms with Crippen LogP contribution >= 0.6 is 24.0 Å². The largest absolute Gasteiger partial charge is 0.469 e. The Bertz CT molecular complexity index is 537. The van der Waals surface area contributed by atoms with E-state index < -0.39 is 0 Å². The molecule has 2 N–H and O–H groups in total. The van der Waals surface area contributed by atoms with Crippen LogP contribution in [-0.2, 0) is 16.0 Å². The van der Waals surface area contributed by atoms with Gasteiger partial charge >= 0.3 is 0 Å². The van der Waals surface area contributed by atoms with Crippen LogP contribution in [0.25, 0.3) is 0 Å². The molecule has 7 nitrogen and oxygen atoms in total. The second-order valence-corrected chi connectivity index (χ2v) is 6.30. The van der Waals surface area contributed by atoms with Gasteiger partial charge in [0.25, 0.3) is 0 Å². The van der Waals surface area contributed by atoms with Gasteiger partial charge < -0.3 is 24.7 Å². The lowest BCUT2D eigenvalue weighted by Crippen LogP contribution is -2.39. The van der Waals surface area contributed by atoms with Crippen molar-refractivity contribution in [2.45, 2.75) is 39.0 Å². The van der Waals surface area contributed by atoms with Gasteiger partial charge in [-0.25, -0.2) is 0 Å². The number of amides is 1. The summed E-state index contributed by atoms with van der Waals surface area (Å²) in [5, 5.41) is 6.69. The van der Waals surface area contributed by atoms with Gasteiger partial charge in [0.15, 0.2) is 5.96 Å². The molecule has 27 heavy (non-hydrogen) atoms. The molecule has 1 aliphatic heterocycles. The molecule has 0 atom stereocenters. The number of carbonyl (C=O) groups excluding carboxylic acids is 1. The molecule has 0 bridgehead atoms. The van der Waals surface area contributed by atoms with Gasteiger partial charge in [-0.05, 0) is 38.3 Å². The molecule has 1 fully saturated rings. The quantitative estimate of drug-likeness (QED) is 0.203. The number of nitrogens with zero attached hydrogens (tertiary/aromatic N) is 2. The Kier molecular flexibility index (Phi) is 13.0. The lowest BCUT2D eigenvalue weighted by atomic mass is 10.3. The minimum Gasteiger partial charge on any atom is -0.469 e. The first kappa shape index (κ1) is 23.7. The molecule has 1 aliphatic rings. The van der Waals surface area contributed by atoms with Crippen molar-refractivity contribution in [1.82, 2.24) is 15.5 Å². The maximum Gasteiger partial charge on any atom is 0.222 e. The number of hydrogen-bond acceptors (Lipinski definition) is 4. The number of guanidine groups is 1. The van der Waals surface area contributed by atoms with Gasteiger partial charge in [0.2, 0.25) is 5.91 Å². The van der Waals surface area contributed by atoms with E-state index in [0.717, 1.165) is 76.8 Å². The van der Waals surface area contributed by atoms with E-state index in [1.54, 1.807) is 6.26 Å². The molecule has 0 spiro atoms. The monoisotopic (exact) mass is 492 g/mol. The Morgan fingerprint density at radius 2 is 2.19 bits per heavy atom. The molecule has 1 aromatic heterocycles. The van der Waals surface area contributed by atoms with E-state index in [0.29, 0.717) is 13.0 Å². The van der Waals surface area contributed by atoms with Crippen LogP contribution in [-0.4, -0.2) is 62.7 Å². The Morgan fingerprint density at radius 3 is 2.89 bits per heavy atom. The van der Waals surface area contributed by atoms with Crippen molar-refractivity contribution in [3.8, 4) is 0 Å². The number of rotatable bonds is 12. The van der Waals surface area contributed by atoms with E-state index in [1.165, 1.54) is 0 Å². The summed E-state index contributed by atoms with van der Waals surface area (Å²) >= 11 is 0. The molecule has 0 aliphatic carbocycles. The minimum absolute atomic E-state index is 0. The number of hydrogen-bond donors (Lipinski definition) is 2. The van der Waals surface area contributed by atoms with Crippen molar-refractivity contribution in [1.29, 1.82) is 0 Å². The zero-order valence-corrected chi connectivity index (χ0v) is 18.6. The molecular formula is C19H33IN4O3. The fraction of sp³-hybridized carbons (Fsp3) is 0.684. The van der Waals surface area contributed by atoms with Gasteiger partial charge in [-0.1, -0.05) is 0 Å². The van der Waals surface area contributed by atoms with Crippen LogP contribution < -0.4 is 10.6 Å². The zero-order valence-electron chi connectivity index (χ0n) is 16.2. The van der Waals surface area contributed by atoms with Gasteiger partial charge in [0, 0.05) is 58.8 Å². The summed E-state index contributed by atoms with van der Waals surface area (Å²) in [7, 11) is 0. The average molecular weight is 492 g/mol. The highest BCUT2D eigenvalue weighted by Gasteiger charge is 2.18. The summed E-state index contributed by atoms with van der Waals surface area (Å²) < 4.78 is 10.7. The molecule has 154 valence electrons. The number of aliphatic imine (C=N–C) groups is 1. The summed E-state index contributed by atoms with van der Waals surface area (Å²) in [6.07, 6.45) is 6.02. The number of ether oxygens (including phenoxy) is 1. The highest BCUT2D eigenvalue weighted by molar-refractivity contribution is 14.0. The second kappa shape index (κ2) is 14.7. The number of carbonyl (C=O) groups is 1. The smallest absolute Gasteiger partial charge is 0.222 e. The number of halogens is 1. The van der Waals surface area contributed by atoms with Gasteiger partial charge in [0.1, 0.15) is 5.76 Å². The van der Waals surface area contributed by atoms with Crippen molar-refractivity contribution in [3.63, 3.8) is 0 Å². The summed E-state index contributed by atoms with van der Waals surface area (Å²) in [5.41, 5.74) is 0. The number of furan rings is 1. The Labute approximate surface area is 179 Å². The Balaban J connectivity index is 0.00000364. The maximum atomic E-state index is 11.6. The lowest BCUT2D eigenvalue weighted by Gasteiger charge is -2.15. The SMILES string of the molecule is CCOCCCNC(=NCCCN1CCCC1=O)NCCc1ccco1.I. The molecule has 2 heterocycles. The third-order valence-corrected chi connectivity index (χ3v) is 4.23. The van der Waals surface area contributed by atoms with Crippen LogP contribution in [0.15, 0.2) is 27.8 Å². The molecule has 1 saturated heterocycles. The van der Waals surface area contributed by atoms with Crippen molar-refractivity contribution in [3.05, 3.63) is 24.2 Å². The van der Waals surface area contributed by atoms with Crippen LogP contribution in [0, 0.1) is 0 Å². The van der Waals surface area contributed by atoms with Crippen molar-refractivity contribution in [2.75, 3.05) is 45.9 Å². The molecule has 1 amide bonds. The highest BCUT2D eigenvalue weighted by atomic mass is 127. The van der Waals surface area contributed by atoms with E-state index in [2.05, 4.69) is 15.6 Å². The zero-order chi connectivity index (χ0) is 18.5. The molecule has 1 aromatic rings. The van der Waals surface area contributed by atoms with Gasteiger partial charge in [-0.2, -0.15) is 0 Å². The first-order valence-corrected chi connectivity index (χ1v) is 9.69. The Morgan fingerprint density at radius 1 is 1.33 bits per heavy atom. The summed E-state index contributed by atoms with van der Waals surface area (Å²) in [6, 6.07) is 3.87. The van der Waals surface area contributed by atoms with Crippen LogP contribution in [0.1, 0.15) is 38.4 Å². The Hall–Kier alpha value is -1.29. The van der Waals surface area contributed by atoms with Crippen molar-refractivity contribution in [2.24, 2.45) is 4.99 Å². The summed E-state index contributed by atoms with van der Waals surface area (Å²) in [4.78, 5) is 18.2. The molecule has 0 radical (unpaired) electrons. The predicted molar refractivity (Wildman–Crippen MR) is 118 cm³/mol. The summed E-state index contributed by atoms with van der Waals surface area (Å²) in [5.74, 6) is 2.04. The third-order valence-electron chi connectivity index (χ3n) is 4.23. The van der Waals surface area contributed by atoms with Gasteiger partial charge in [0.05, 0.1) is 6.26 Å². The first-order valence-electron chi connectivity index (χ1n) is 9.69. The van der Waals surface area contributed by atoms with E-state index in [1.807, 2.05) is 24.0 Å². The fourth-order valence-corrected chi connectivity index (χ4v) is 2.85. The van der Waals surface area contributed by atoms with E-state index in [9.17, 15) is 4.79 Å². The van der Waals surface area contributed by atoms with E-state index >= 15 is 0 Å². The van der Waals surface area contributed by atoms with Crippen LogP contribution in [0.2, 0.25) is 0 Å². The number of likely N-dealkylation sites (tertiary alicyclic amines) is 1. The topological polar surface area (TPSA) is 79.1 Å². The average Bonchev–Trinajstić information content (AvgIpc) is 3.30. The molecule has 0 unspecified atom stereocenters. The fourth-order valence-electron chi connectivity index (χ4n) is 2.85. The lowest BCUT2D eigenvalue weighted by molar-refractivity contribution is -0.127. The molecule has 8 heteroatoms. The van der Waals surface area contributed by atoms with E-state index in [-0.39, 0.29) is 29.9 Å². The van der Waals surface area contributed by atoms with Gasteiger partial charge in [-0.15, -0.1) is 24.0 Å². The standard InChI is InChI=1S/C19H32N4O3.HI/c1-2-25-15-6-11-21-19(22-12-9-17-7-4-16-26-17)20-10-5-14-23-13-3-8-18(23)24;/h4,7,16H,2-3,5-6,8-15H2,1H3,(H2,20,21,22);1H. The van der Waals surface area contributed by atoms with Crippen LogP contribution in [0.3, 0.4) is 0 Å². The molecule has 2 rings (SSSR count). The van der Waals surface area contributed by atoms with E-state index in [4.69, 9.17) is 9.15 Å². The molecular weight excluding hydrogens is 459 g/mol. The third kappa shape index (κ3) is 9.99. The van der Waals surface area contributed by atoms with Crippen LogP contribution in [0.4, 0.5) is 0 Å². The maximum absolute atomic E-state index is 11.6. The molecule has 0 saturated carbocycles. The molecule has 0 aromatic carbocycles. The van der Waals surface area contributed by atoms with Gasteiger partial charge in [-0.3, -0.25) is 9.79 Å². The minimum atomic E-state index is 0. The van der Waals surface area contributed by atoms with Crippen molar-refractivity contribution >= 4 is 35.8 Å². The predicted octanol–water partition coefficient (Wildman–Crippen LogP) is 2.41. The number of nitrogens with one attached hydrogen (secondary N) is 2. The van der Waals surface area contributed by atoms with Crippen molar-refractivity contribution < 1.29 is 13.9 Å². The highest BCUT2D eigenvalue weighted by Crippen LogP contribution is 2.09. The summed E-state index contributed by atoms with van der Waals surface area (Å²) in [6.45, 7) is 7.47. The second-order valence-electron chi connectivity index (χ2n) is 6.30. The normalized spacial score (nSPS) is 14.3. The van der Waals surface area contributed by atoms with Crippen LogP contribution in [0.5, 0.6) is 0 Å².